The number of anilines is 1. The lowest BCUT2D eigenvalue weighted by Crippen LogP contribution is -2.54. The average Bonchev–Trinajstić information content (AvgIpc) is 2.89. The third-order valence-electron chi connectivity index (χ3n) is 6.81. The number of likely N-dealkylation sites (tertiary alicyclic amines) is 1. The lowest BCUT2D eigenvalue weighted by molar-refractivity contribution is -0.135. The van der Waals surface area contributed by atoms with Crippen LogP contribution in [0.15, 0.2) is 36.7 Å². The summed E-state index contributed by atoms with van der Waals surface area (Å²) in [6.07, 6.45) is 5.01. The van der Waals surface area contributed by atoms with Gasteiger partial charge in [-0.1, -0.05) is 0 Å². The second-order valence-electron chi connectivity index (χ2n) is 9.39. The first-order valence-corrected chi connectivity index (χ1v) is 12.0. The number of rotatable bonds is 5. The first-order chi connectivity index (χ1) is 17.4. The van der Waals surface area contributed by atoms with Crippen LogP contribution in [0.4, 0.5) is 10.5 Å². The van der Waals surface area contributed by atoms with E-state index in [1.165, 1.54) is 6.92 Å². The number of aromatic nitrogens is 3. The lowest BCUT2D eigenvalue weighted by atomic mass is 9.99. The minimum atomic E-state index is -0.507. The molecule has 2 aliphatic rings. The highest BCUT2D eigenvalue weighted by Crippen LogP contribution is 2.37. The van der Waals surface area contributed by atoms with Crippen molar-refractivity contribution in [2.24, 2.45) is 0 Å². The molecule has 0 aliphatic carbocycles. The maximum absolute atomic E-state index is 13.4. The van der Waals surface area contributed by atoms with Crippen molar-refractivity contribution in [2.75, 3.05) is 31.6 Å². The molecule has 0 spiro atoms. The van der Waals surface area contributed by atoms with Gasteiger partial charge in [-0.2, -0.15) is 0 Å². The number of carbonyl (C=O) groups excluding carboxylic acids is 3. The molecule has 0 aromatic carbocycles. The first kappa shape index (κ1) is 23.8. The molecule has 0 bridgehead atoms. The van der Waals surface area contributed by atoms with Gasteiger partial charge in [0.1, 0.15) is 17.9 Å². The quantitative estimate of drug-likeness (QED) is 0.584. The number of carbonyl (C=O) groups is 3. The maximum Gasteiger partial charge on any atom is 0.324 e. The molecule has 10 nitrogen and oxygen atoms in total. The Morgan fingerprint density at radius 3 is 2.53 bits per heavy atom. The molecule has 36 heavy (non-hydrogen) atoms. The molecule has 1 fully saturated rings. The molecule has 1 N–H and O–H groups in total. The number of hydrogen-bond donors (Lipinski definition) is 1. The molecule has 10 heteroatoms. The van der Waals surface area contributed by atoms with E-state index in [1.54, 1.807) is 29.2 Å². The maximum atomic E-state index is 13.4. The van der Waals surface area contributed by atoms with Crippen molar-refractivity contribution < 1.29 is 19.5 Å². The van der Waals surface area contributed by atoms with Gasteiger partial charge in [0.2, 0.25) is 5.91 Å². The highest BCUT2D eigenvalue weighted by atomic mass is 16.3. The van der Waals surface area contributed by atoms with Gasteiger partial charge in [0.15, 0.2) is 0 Å². The average molecular weight is 489 g/mol. The van der Waals surface area contributed by atoms with Crippen LogP contribution in [0.5, 0.6) is 0 Å². The summed E-state index contributed by atoms with van der Waals surface area (Å²) in [5, 5.41) is 9.20. The van der Waals surface area contributed by atoms with E-state index in [2.05, 4.69) is 9.97 Å². The van der Waals surface area contributed by atoms with Gasteiger partial charge in [0.05, 0.1) is 23.4 Å². The molecule has 5 heterocycles. The number of piperidine rings is 1. The normalized spacial score (nSPS) is 16.4. The Morgan fingerprint density at radius 1 is 1.08 bits per heavy atom. The molecule has 0 atom stereocenters. The van der Waals surface area contributed by atoms with Crippen molar-refractivity contribution in [1.29, 1.82) is 0 Å². The smallest absolute Gasteiger partial charge is 0.324 e. The summed E-state index contributed by atoms with van der Waals surface area (Å²) in [6, 6.07) is 7.28. The second-order valence-corrected chi connectivity index (χ2v) is 9.39. The first-order valence-electron chi connectivity index (χ1n) is 12.0. The van der Waals surface area contributed by atoms with Crippen molar-refractivity contribution in [2.45, 2.75) is 38.8 Å². The zero-order valence-corrected chi connectivity index (χ0v) is 20.3. The number of aliphatic hydroxyl groups is 1. The molecule has 0 radical (unpaired) electrons. The second kappa shape index (κ2) is 9.62. The van der Waals surface area contributed by atoms with Crippen LogP contribution in [0.25, 0.3) is 22.3 Å². The van der Waals surface area contributed by atoms with E-state index in [0.717, 1.165) is 16.8 Å². The summed E-state index contributed by atoms with van der Waals surface area (Å²) in [4.78, 5) is 55.8. The summed E-state index contributed by atoms with van der Waals surface area (Å²) in [6.45, 7) is 2.42. The Bertz CT molecular complexity index is 1330. The summed E-state index contributed by atoms with van der Waals surface area (Å²) in [5.41, 5.74) is 5.23. The summed E-state index contributed by atoms with van der Waals surface area (Å²) < 4.78 is 0. The van der Waals surface area contributed by atoms with Crippen LogP contribution in [0, 0.1) is 0 Å². The van der Waals surface area contributed by atoms with Gasteiger partial charge < -0.3 is 14.9 Å². The van der Waals surface area contributed by atoms with Gasteiger partial charge in [-0.15, -0.1) is 0 Å². The zero-order chi connectivity index (χ0) is 25.4. The van der Waals surface area contributed by atoms with Gasteiger partial charge in [0, 0.05) is 61.8 Å². The molecule has 0 unspecified atom stereocenters. The van der Waals surface area contributed by atoms with Crippen LogP contribution >= 0.6 is 0 Å². The van der Waals surface area contributed by atoms with Crippen LogP contribution < -0.4 is 4.90 Å². The van der Waals surface area contributed by atoms with Crippen molar-refractivity contribution in [3.8, 4) is 11.3 Å². The predicted octanol–water partition coefficient (Wildman–Crippen LogP) is 2.18. The number of aliphatic hydroxyl groups excluding tert-OH is 1. The third kappa shape index (κ3) is 4.39. The standard InChI is InChI=1S/C26H28N6O4/c1-16(34)11-19-4-3-17(12-27-19)21-5-6-22-24(29-21)25-18(13-28-22)14-30(2)26(36)32(25)20-7-9-31(10-8-20)23(35)15-33/h3-6,12-13,20,33H,7-11,14-15H2,1-2H3. The number of Topliss-reactive ketones (excluding diaryl/α,β-unsaturated/α-hetero) is 1. The zero-order valence-electron chi connectivity index (χ0n) is 20.3. The molecule has 3 aromatic rings. The van der Waals surface area contributed by atoms with E-state index >= 15 is 0 Å². The highest BCUT2D eigenvalue weighted by Gasteiger charge is 2.37. The van der Waals surface area contributed by atoms with Gasteiger partial charge >= 0.3 is 6.03 Å². The summed E-state index contributed by atoms with van der Waals surface area (Å²) in [5.74, 6) is -0.238. The number of pyridine rings is 3. The van der Waals surface area contributed by atoms with E-state index < -0.39 is 6.61 Å². The van der Waals surface area contributed by atoms with Gasteiger partial charge in [0.25, 0.3) is 0 Å². The number of nitrogens with zero attached hydrogens (tertiary/aromatic N) is 6. The molecule has 3 aromatic heterocycles. The molecule has 3 amide bonds. The van der Waals surface area contributed by atoms with E-state index in [0.29, 0.717) is 54.9 Å². The summed E-state index contributed by atoms with van der Waals surface area (Å²) >= 11 is 0. The van der Waals surface area contributed by atoms with Crippen molar-refractivity contribution in [1.82, 2.24) is 24.8 Å². The van der Waals surface area contributed by atoms with E-state index in [4.69, 9.17) is 4.98 Å². The monoisotopic (exact) mass is 488 g/mol. The fourth-order valence-electron chi connectivity index (χ4n) is 4.99. The largest absolute Gasteiger partial charge is 0.387 e. The van der Waals surface area contributed by atoms with Crippen molar-refractivity contribution in [3.63, 3.8) is 0 Å². The number of hydrogen-bond acceptors (Lipinski definition) is 7. The van der Waals surface area contributed by atoms with Gasteiger partial charge in [-0.05, 0) is 44.0 Å². The topological polar surface area (TPSA) is 120 Å². The fraction of sp³-hybridized carbons (Fsp3) is 0.385. The van der Waals surface area contributed by atoms with E-state index in [9.17, 15) is 19.5 Å². The van der Waals surface area contributed by atoms with Crippen LogP contribution in [0.1, 0.15) is 31.0 Å². The SMILES string of the molecule is CC(=O)Cc1ccc(-c2ccc3ncc4c(c3n2)N(C2CCN(C(=O)CO)CC2)C(=O)N(C)C4)cn1. The molecular weight excluding hydrogens is 460 g/mol. The minimum Gasteiger partial charge on any atom is -0.387 e. The molecule has 186 valence electrons. The van der Waals surface area contributed by atoms with E-state index in [-0.39, 0.29) is 30.2 Å². The molecule has 5 rings (SSSR count). The molecular formula is C26H28N6O4. The number of fused-ring (bicyclic) bond motifs is 3. The number of amides is 3. The van der Waals surface area contributed by atoms with Gasteiger partial charge in [-0.25, -0.2) is 9.78 Å². The van der Waals surface area contributed by atoms with Crippen LogP contribution in [0.2, 0.25) is 0 Å². The molecule has 2 aliphatic heterocycles. The Morgan fingerprint density at radius 2 is 1.86 bits per heavy atom. The number of urea groups is 1. The molecule has 0 saturated carbocycles. The van der Waals surface area contributed by atoms with Crippen LogP contribution in [0.3, 0.4) is 0 Å². The van der Waals surface area contributed by atoms with Crippen molar-refractivity contribution >= 4 is 34.4 Å². The minimum absolute atomic E-state index is 0.0538. The number of ketones is 1. The fourth-order valence-corrected chi connectivity index (χ4v) is 4.99. The summed E-state index contributed by atoms with van der Waals surface area (Å²) in [7, 11) is 1.77. The predicted molar refractivity (Wildman–Crippen MR) is 133 cm³/mol. The Labute approximate surface area is 208 Å². The Balaban J connectivity index is 1.54. The Kier molecular flexibility index (Phi) is 6.36. The molecule has 1 saturated heterocycles. The van der Waals surface area contributed by atoms with E-state index in [1.807, 2.05) is 29.2 Å². The Hall–Kier alpha value is -3.92. The lowest BCUT2D eigenvalue weighted by Gasteiger charge is -2.43. The highest BCUT2D eigenvalue weighted by molar-refractivity contribution is 6.04. The third-order valence-corrected chi connectivity index (χ3v) is 6.81. The van der Waals surface area contributed by atoms with Crippen molar-refractivity contribution in [3.05, 3.63) is 47.9 Å². The van der Waals surface area contributed by atoms with Crippen LogP contribution in [-0.4, -0.2) is 80.4 Å². The van der Waals surface area contributed by atoms with Crippen LogP contribution in [-0.2, 0) is 22.6 Å². The van der Waals surface area contributed by atoms with Gasteiger partial charge in [-0.3, -0.25) is 24.5 Å².